The lowest BCUT2D eigenvalue weighted by atomic mass is 10.00. The Morgan fingerprint density at radius 1 is 1.19 bits per heavy atom. The van der Waals surface area contributed by atoms with Crippen LogP contribution in [-0.2, 0) is 19.9 Å². The summed E-state index contributed by atoms with van der Waals surface area (Å²) in [5.41, 5.74) is 4.05. The first-order valence-corrected chi connectivity index (χ1v) is 7.95. The fourth-order valence-corrected chi connectivity index (χ4v) is 2.60. The second kappa shape index (κ2) is 7.99. The fraction of sp³-hybridized carbons (Fsp3) is 0.500. The molecule has 2 aromatic rings. The van der Waals surface area contributed by atoms with E-state index < -0.39 is 0 Å². The van der Waals surface area contributed by atoms with Gasteiger partial charge < -0.3 is 5.32 Å². The SMILES string of the molecule is CCCNC(CCc1ccnn1C)Cc1ccc(C)cc1. The summed E-state index contributed by atoms with van der Waals surface area (Å²) in [6.07, 6.45) is 6.37. The summed E-state index contributed by atoms with van der Waals surface area (Å²) in [5.74, 6) is 0. The molecule has 1 aromatic heterocycles. The summed E-state index contributed by atoms with van der Waals surface area (Å²) in [4.78, 5) is 0. The number of nitrogens with one attached hydrogen (secondary N) is 1. The molecule has 3 heteroatoms. The molecule has 21 heavy (non-hydrogen) atoms. The van der Waals surface area contributed by atoms with E-state index in [1.807, 2.05) is 17.9 Å². The van der Waals surface area contributed by atoms with Crippen molar-refractivity contribution in [3.8, 4) is 0 Å². The third-order valence-corrected chi connectivity index (χ3v) is 3.96. The molecule has 0 bridgehead atoms. The molecule has 1 unspecified atom stereocenters. The van der Waals surface area contributed by atoms with Crippen LogP contribution in [0.1, 0.15) is 36.6 Å². The molecule has 0 aliphatic carbocycles. The highest BCUT2D eigenvalue weighted by Gasteiger charge is 2.10. The molecular formula is C18H27N3. The molecule has 0 saturated carbocycles. The fourth-order valence-electron chi connectivity index (χ4n) is 2.60. The summed E-state index contributed by atoms with van der Waals surface area (Å²) in [5, 5.41) is 7.93. The average Bonchev–Trinajstić information content (AvgIpc) is 2.89. The highest BCUT2D eigenvalue weighted by atomic mass is 15.2. The zero-order chi connectivity index (χ0) is 15.1. The molecule has 0 aliphatic rings. The van der Waals surface area contributed by atoms with E-state index in [4.69, 9.17) is 0 Å². The Balaban J connectivity index is 1.93. The van der Waals surface area contributed by atoms with Gasteiger partial charge in [0.05, 0.1) is 0 Å². The van der Waals surface area contributed by atoms with Gasteiger partial charge in [-0.25, -0.2) is 0 Å². The van der Waals surface area contributed by atoms with Crippen molar-refractivity contribution in [2.24, 2.45) is 7.05 Å². The van der Waals surface area contributed by atoms with Crippen LogP contribution in [0.5, 0.6) is 0 Å². The van der Waals surface area contributed by atoms with Crippen molar-refractivity contribution in [3.05, 3.63) is 53.3 Å². The summed E-state index contributed by atoms with van der Waals surface area (Å²) in [6.45, 7) is 5.44. The van der Waals surface area contributed by atoms with Crippen LogP contribution >= 0.6 is 0 Å². The van der Waals surface area contributed by atoms with Crippen LogP contribution < -0.4 is 5.32 Å². The van der Waals surface area contributed by atoms with Crippen LogP contribution in [0.3, 0.4) is 0 Å². The Hall–Kier alpha value is -1.61. The minimum absolute atomic E-state index is 0.530. The van der Waals surface area contributed by atoms with Gasteiger partial charge in [-0.2, -0.15) is 5.10 Å². The number of benzene rings is 1. The molecule has 1 heterocycles. The van der Waals surface area contributed by atoms with Crippen LogP contribution in [0.15, 0.2) is 36.5 Å². The van der Waals surface area contributed by atoms with Gasteiger partial charge in [-0.05, 0) is 50.8 Å². The van der Waals surface area contributed by atoms with Crippen LogP contribution in [0.4, 0.5) is 0 Å². The van der Waals surface area contributed by atoms with Crippen LogP contribution in [0.2, 0.25) is 0 Å². The highest BCUT2D eigenvalue weighted by molar-refractivity contribution is 5.22. The molecule has 0 fully saturated rings. The van der Waals surface area contributed by atoms with E-state index in [-0.39, 0.29) is 0 Å². The second-order valence-electron chi connectivity index (χ2n) is 5.83. The maximum absolute atomic E-state index is 4.25. The molecule has 2 rings (SSSR count). The number of rotatable bonds is 8. The maximum atomic E-state index is 4.25. The van der Waals surface area contributed by atoms with Crippen molar-refractivity contribution >= 4 is 0 Å². The van der Waals surface area contributed by atoms with Crippen LogP contribution in [0.25, 0.3) is 0 Å². The van der Waals surface area contributed by atoms with Crippen molar-refractivity contribution in [1.82, 2.24) is 15.1 Å². The Labute approximate surface area is 128 Å². The van der Waals surface area contributed by atoms with Crippen LogP contribution in [-0.4, -0.2) is 22.4 Å². The molecule has 1 atom stereocenters. The lowest BCUT2D eigenvalue weighted by Gasteiger charge is -2.19. The standard InChI is InChI=1S/C18H27N3/c1-4-12-19-17(9-10-18-11-13-20-21(18)3)14-16-7-5-15(2)6-8-16/h5-8,11,13,17,19H,4,9-10,12,14H2,1-3H3. The summed E-state index contributed by atoms with van der Waals surface area (Å²) in [6, 6.07) is 11.5. The van der Waals surface area contributed by atoms with Gasteiger partial charge in [0.15, 0.2) is 0 Å². The molecule has 3 nitrogen and oxygen atoms in total. The minimum atomic E-state index is 0.530. The molecule has 0 amide bonds. The summed E-state index contributed by atoms with van der Waals surface area (Å²) in [7, 11) is 2.02. The Morgan fingerprint density at radius 3 is 2.57 bits per heavy atom. The highest BCUT2D eigenvalue weighted by Crippen LogP contribution is 2.11. The first-order valence-electron chi connectivity index (χ1n) is 7.95. The van der Waals surface area contributed by atoms with Crippen LogP contribution in [0, 0.1) is 6.92 Å². The van der Waals surface area contributed by atoms with Gasteiger partial charge in [-0.3, -0.25) is 4.68 Å². The Kier molecular flexibility index (Phi) is 6.00. The Bertz CT molecular complexity index is 528. The molecular weight excluding hydrogens is 258 g/mol. The third-order valence-electron chi connectivity index (χ3n) is 3.96. The summed E-state index contributed by atoms with van der Waals surface area (Å²) < 4.78 is 1.97. The van der Waals surface area contributed by atoms with Crippen molar-refractivity contribution < 1.29 is 0 Å². The number of hydrogen-bond donors (Lipinski definition) is 1. The van der Waals surface area contributed by atoms with Crippen molar-refractivity contribution in [1.29, 1.82) is 0 Å². The molecule has 0 spiro atoms. The van der Waals surface area contributed by atoms with Crippen molar-refractivity contribution in [2.45, 2.75) is 45.6 Å². The topological polar surface area (TPSA) is 29.9 Å². The number of aryl methyl sites for hydroxylation is 3. The van der Waals surface area contributed by atoms with Gasteiger partial charge in [0.25, 0.3) is 0 Å². The quantitative estimate of drug-likeness (QED) is 0.806. The number of hydrogen-bond acceptors (Lipinski definition) is 2. The normalized spacial score (nSPS) is 12.5. The zero-order valence-corrected chi connectivity index (χ0v) is 13.5. The summed E-state index contributed by atoms with van der Waals surface area (Å²) >= 11 is 0. The minimum Gasteiger partial charge on any atom is -0.314 e. The molecule has 0 aliphatic heterocycles. The maximum Gasteiger partial charge on any atom is 0.0492 e. The van der Waals surface area contributed by atoms with E-state index >= 15 is 0 Å². The molecule has 0 saturated heterocycles. The predicted octanol–water partition coefficient (Wildman–Crippen LogP) is 3.27. The third kappa shape index (κ3) is 5.01. The van der Waals surface area contributed by atoms with E-state index in [0.717, 1.165) is 25.8 Å². The van der Waals surface area contributed by atoms with Gasteiger partial charge in [0.1, 0.15) is 0 Å². The van der Waals surface area contributed by atoms with Gasteiger partial charge in [-0.15, -0.1) is 0 Å². The molecule has 1 N–H and O–H groups in total. The van der Waals surface area contributed by atoms with E-state index in [0.29, 0.717) is 6.04 Å². The second-order valence-corrected chi connectivity index (χ2v) is 5.83. The van der Waals surface area contributed by atoms with Gasteiger partial charge in [0.2, 0.25) is 0 Å². The molecule has 114 valence electrons. The van der Waals surface area contributed by atoms with Gasteiger partial charge >= 0.3 is 0 Å². The van der Waals surface area contributed by atoms with Crippen molar-refractivity contribution in [2.75, 3.05) is 6.54 Å². The van der Waals surface area contributed by atoms with E-state index in [1.165, 1.54) is 23.2 Å². The molecule has 1 aromatic carbocycles. The van der Waals surface area contributed by atoms with E-state index in [2.05, 4.69) is 54.6 Å². The van der Waals surface area contributed by atoms with Crippen molar-refractivity contribution in [3.63, 3.8) is 0 Å². The Morgan fingerprint density at radius 2 is 1.95 bits per heavy atom. The van der Waals surface area contributed by atoms with Gasteiger partial charge in [0, 0.05) is 25.0 Å². The smallest absolute Gasteiger partial charge is 0.0492 e. The average molecular weight is 285 g/mol. The predicted molar refractivity (Wildman–Crippen MR) is 88.5 cm³/mol. The number of aromatic nitrogens is 2. The first kappa shape index (κ1) is 15.8. The monoisotopic (exact) mass is 285 g/mol. The lowest BCUT2D eigenvalue weighted by molar-refractivity contribution is 0.471. The first-order chi connectivity index (χ1) is 10.2. The largest absolute Gasteiger partial charge is 0.314 e. The zero-order valence-electron chi connectivity index (χ0n) is 13.5. The van der Waals surface area contributed by atoms with Gasteiger partial charge in [-0.1, -0.05) is 36.8 Å². The number of nitrogens with zero attached hydrogens (tertiary/aromatic N) is 2. The molecule has 0 radical (unpaired) electrons. The van der Waals surface area contributed by atoms with E-state index in [9.17, 15) is 0 Å². The van der Waals surface area contributed by atoms with E-state index in [1.54, 1.807) is 0 Å². The lowest BCUT2D eigenvalue weighted by Crippen LogP contribution is -2.32.